The lowest BCUT2D eigenvalue weighted by Crippen LogP contribution is -2.16. The molecule has 0 atom stereocenters. The van der Waals surface area contributed by atoms with Crippen LogP contribution in [-0.2, 0) is 23.0 Å². The number of methoxy groups -OCH3 is 1. The molecule has 7 nitrogen and oxygen atoms in total. The average molecular weight is 437 g/mol. The number of carbonyl (C=O) groups excluding carboxylic acids is 2. The van der Waals surface area contributed by atoms with Gasteiger partial charge in [0.2, 0.25) is 5.91 Å². The summed E-state index contributed by atoms with van der Waals surface area (Å²) < 4.78 is 6.76. The number of anilines is 1. The summed E-state index contributed by atoms with van der Waals surface area (Å²) in [6.07, 6.45) is 8.81. The number of carbonyl (C=O) groups is 2. The molecule has 0 bridgehead atoms. The molecule has 1 amide bonds. The van der Waals surface area contributed by atoms with Gasteiger partial charge >= 0.3 is 5.97 Å². The molecule has 0 spiro atoms. The highest BCUT2D eigenvalue weighted by atomic mass is 32.2. The minimum Gasteiger partial charge on any atom is -0.465 e. The van der Waals surface area contributed by atoms with E-state index in [1.807, 2.05) is 18.5 Å². The normalized spacial score (nSPS) is 14.7. The lowest BCUT2D eigenvalue weighted by molar-refractivity contribution is -0.113. The van der Waals surface area contributed by atoms with Crippen molar-refractivity contribution in [2.75, 3.05) is 18.2 Å². The molecule has 0 saturated heterocycles. The van der Waals surface area contributed by atoms with E-state index >= 15 is 0 Å². The highest BCUT2D eigenvalue weighted by molar-refractivity contribution is 7.99. The second-order valence-electron chi connectivity index (χ2n) is 7.43. The molecule has 0 aliphatic heterocycles. The molecule has 1 N–H and O–H groups in total. The van der Waals surface area contributed by atoms with Gasteiger partial charge in [0.15, 0.2) is 5.16 Å². The molecule has 2 aromatic heterocycles. The van der Waals surface area contributed by atoms with Gasteiger partial charge in [0.1, 0.15) is 10.8 Å². The van der Waals surface area contributed by atoms with Crippen LogP contribution in [0.3, 0.4) is 0 Å². The topological polar surface area (TPSA) is 86.1 Å². The second-order valence-corrected chi connectivity index (χ2v) is 9.63. The van der Waals surface area contributed by atoms with Crippen molar-refractivity contribution in [3.63, 3.8) is 0 Å². The van der Waals surface area contributed by atoms with Gasteiger partial charge in [-0.1, -0.05) is 43.9 Å². The van der Waals surface area contributed by atoms with Crippen molar-refractivity contribution in [1.82, 2.24) is 14.8 Å². The maximum Gasteiger partial charge on any atom is 0.340 e. The van der Waals surface area contributed by atoms with Crippen molar-refractivity contribution < 1.29 is 14.3 Å². The Balaban J connectivity index is 1.52. The zero-order valence-electron chi connectivity index (χ0n) is 17.2. The molecular formula is C20H28N4O3S2. The van der Waals surface area contributed by atoms with Crippen LogP contribution < -0.4 is 5.32 Å². The van der Waals surface area contributed by atoms with Gasteiger partial charge in [-0.25, -0.2) is 4.79 Å². The van der Waals surface area contributed by atoms with Gasteiger partial charge < -0.3 is 14.6 Å². The van der Waals surface area contributed by atoms with Gasteiger partial charge in [-0.05, 0) is 25.3 Å². The number of nitrogens with one attached hydrogen (secondary N) is 1. The van der Waals surface area contributed by atoms with Crippen molar-refractivity contribution in [2.45, 2.75) is 57.0 Å². The van der Waals surface area contributed by atoms with E-state index in [4.69, 9.17) is 4.74 Å². The van der Waals surface area contributed by atoms with Crippen LogP contribution >= 0.6 is 23.1 Å². The van der Waals surface area contributed by atoms with E-state index in [1.54, 1.807) is 6.07 Å². The third-order valence-electron chi connectivity index (χ3n) is 5.27. The predicted molar refractivity (Wildman–Crippen MR) is 116 cm³/mol. The molecule has 0 unspecified atom stereocenters. The Morgan fingerprint density at radius 3 is 2.79 bits per heavy atom. The molecule has 158 valence electrons. The average Bonchev–Trinajstić information content (AvgIpc) is 3.27. The summed E-state index contributed by atoms with van der Waals surface area (Å²) in [6.45, 7) is 1.88. The summed E-state index contributed by atoms with van der Waals surface area (Å²) in [6, 6.07) is 1.72. The summed E-state index contributed by atoms with van der Waals surface area (Å²) in [7, 11) is 3.28. The number of ether oxygens (including phenoxy) is 1. The molecule has 1 fully saturated rings. The van der Waals surface area contributed by atoms with Gasteiger partial charge in [-0.3, -0.25) is 4.79 Å². The number of hydrogen-bond donors (Lipinski definition) is 1. The largest absolute Gasteiger partial charge is 0.465 e. The highest BCUT2D eigenvalue weighted by Gasteiger charge is 2.19. The van der Waals surface area contributed by atoms with Crippen LogP contribution in [0.25, 0.3) is 0 Å². The van der Waals surface area contributed by atoms with Crippen LogP contribution in [-0.4, -0.2) is 39.5 Å². The summed E-state index contributed by atoms with van der Waals surface area (Å²) >= 11 is 2.71. The van der Waals surface area contributed by atoms with E-state index in [9.17, 15) is 9.59 Å². The maximum absolute atomic E-state index is 12.4. The Labute approximate surface area is 179 Å². The number of rotatable bonds is 8. The molecule has 3 rings (SSSR count). The lowest BCUT2D eigenvalue weighted by Gasteiger charge is -2.20. The van der Waals surface area contributed by atoms with Crippen LogP contribution in [0.1, 0.15) is 59.6 Å². The first-order valence-corrected chi connectivity index (χ1v) is 11.8. The molecule has 0 aromatic carbocycles. The minimum absolute atomic E-state index is 0.186. The fourth-order valence-electron chi connectivity index (χ4n) is 3.66. The third kappa shape index (κ3) is 5.82. The third-order valence-corrected chi connectivity index (χ3v) is 7.26. The predicted octanol–water partition coefficient (Wildman–Crippen LogP) is 4.22. The molecule has 29 heavy (non-hydrogen) atoms. The fourth-order valence-corrected chi connectivity index (χ4v) is 5.30. The smallest absolute Gasteiger partial charge is 0.340 e. The number of thiophene rings is 1. The fraction of sp³-hybridized carbons (Fsp3) is 0.600. The van der Waals surface area contributed by atoms with Crippen LogP contribution in [0.2, 0.25) is 0 Å². The van der Waals surface area contributed by atoms with Crippen molar-refractivity contribution in [3.8, 4) is 0 Å². The van der Waals surface area contributed by atoms with E-state index in [0.717, 1.165) is 34.6 Å². The van der Waals surface area contributed by atoms with Crippen LogP contribution in [0, 0.1) is 12.8 Å². The second kappa shape index (κ2) is 10.2. The van der Waals surface area contributed by atoms with Gasteiger partial charge in [-0.2, -0.15) is 0 Å². The van der Waals surface area contributed by atoms with Gasteiger partial charge in [-0.15, -0.1) is 21.5 Å². The highest BCUT2D eigenvalue weighted by Crippen LogP contribution is 2.29. The SMILES string of the molecule is COC(=O)c1cc(C)sc1NC(=O)CSc1nnc(CCC2CCCCC2)n1C. The monoisotopic (exact) mass is 436 g/mol. The minimum atomic E-state index is -0.451. The first kappa shape index (κ1) is 21.8. The first-order chi connectivity index (χ1) is 14.0. The number of nitrogens with zero attached hydrogens (tertiary/aromatic N) is 3. The first-order valence-electron chi connectivity index (χ1n) is 9.97. The molecule has 2 aromatic rings. The Bertz CT molecular complexity index is 856. The Kier molecular flexibility index (Phi) is 7.71. The van der Waals surface area contributed by atoms with Gasteiger partial charge in [0.25, 0.3) is 0 Å². The van der Waals surface area contributed by atoms with Gasteiger partial charge in [0.05, 0.1) is 18.4 Å². The van der Waals surface area contributed by atoms with E-state index in [-0.39, 0.29) is 11.7 Å². The van der Waals surface area contributed by atoms with E-state index in [2.05, 4.69) is 15.5 Å². The quantitative estimate of drug-likeness (QED) is 0.493. The summed E-state index contributed by atoms with van der Waals surface area (Å²) in [5.41, 5.74) is 0.386. The molecule has 9 heteroatoms. The number of thioether (sulfide) groups is 1. The standard InChI is InChI=1S/C20H28N4O3S2/c1-13-11-15(19(26)27-3)18(29-13)21-17(25)12-28-20-23-22-16(24(20)2)10-9-14-7-5-4-6-8-14/h11,14H,4-10,12H2,1-3H3,(H,21,25). The Morgan fingerprint density at radius 1 is 1.31 bits per heavy atom. The Hall–Kier alpha value is -1.87. The number of hydrogen-bond acceptors (Lipinski definition) is 7. The Morgan fingerprint density at radius 2 is 2.07 bits per heavy atom. The van der Waals surface area contributed by atoms with Crippen molar-refractivity contribution in [3.05, 3.63) is 22.3 Å². The molecule has 1 aliphatic carbocycles. The summed E-state index contributed by atoms with van der Waals surface area (Å²) in [5.74, 6) is 1.34. The van der Waals surface area contributed by atoms with Gasteiger partial charge in [0, 0.05) is 18.3 Å². The number of amides is 1. The molecule has 1 aliphatic rings. The van der Waals surface area contributed by atoms with E-state index < -0.39 is 5.97 Å². The zero-order valence-corrected chi connectivity index (χ0v) is 18.8. The lowest BCUT2D eigenvalue weighted by atomic mass is 9.86. The van der Waals surface area contributed by atoms with Crippen LogP contribution in [0.5, 0.6) is 0 Å². The molecule has 1 saturated carbocycles. The summed E-state index contributed by atoms with van der Waals surface area (Å²) in [5, 5.41) is 12.6. The number of esters is 1. The number of aromatic nitrogens is 3. The molecular weight excluding hydrogens is 408 g/mol. The van der Waals surface area contributed by atoms with Crippen LogP contribution in [0.4, 0.5) is 5.00 Å². The maximum atomic E-state index is 12.4. The summed E-state index contributed by atoms with van der Waals surface area (Å²) in [4.78, 5) is 25.1. The van der Waals surface area contributed by atoms with Crippen LogP contribution in [0.15, 0.2) is 11.2 Å². The van der Waals surface area contributed by atoms with Crippen molar-refractivity contribution >= 4 is 40.0 Å². The van der Waals surface area contributed by atoms with E-state index in [0.29, 0.717) is 10.6 Å². The zero-order chi connectivity index (χ0) is 20.8. The molecule has 0 radical (unpaired) electrons. The van der Waals surface area contributed by atoms with Crippen molar-refractivity contribution in [1.29, 1.82) is 0 Å². The van der Waals surface area contributed by atoms with Crippen molar-refractivity contribution in [2.24, 2.45) is 13.0 Å². The number of aryl methyl sites for hydroxylation is 2. The molecule has 2 heterocycles. The van der Waals surface area contributed by atoms with E-state index in [1.165, 1.54) is 62.3 Å².